The lowest BCUT2D eigenvalue weighted by atomic mass is 10.4. The van der Waals surface area contributed by atoms with E-state index < -0.39 is 5.63 Å². The van der Waals surface area contributed by atoms with Gasteiger partial charge in [-0.3, -0.25) is 0 Å². The zero-order valence-corrected chi connectivity index (χ0v) is 6.29. The van der Waals surface area contributed by atoms with E-state index in [2.05, 4.69) is 25.0 Å². The third kappa shape index (κ3) is 0.777. The zero-order valence-electron chi connectivity index (χ0n) is 6.29. The second kappa shape index (κ2) is 2.33. The molecule has 0 aliphatic rings. The van der Waals surface area contributed by atoms with Gasteiger partial charge in [0.25, 0.3) is 0 Å². The van der Waals surface area contributed by atoms with Gasteiger partial charge < -0.3 is 9.84 Å². The van der Waals surface area contributed by atoms with E-state index in [1.807, 2.05) is 0 Å². The monoisotopic (exact) mass is 166 g/mol. The molecule has 6 nitrogen and oxygen atoms in total. The van der Waals surface area contributed by atoms with Gasteiger partial charge in [-0.25, -0.2) is 14.8 Å². The van der Waals surface area contributed by atoms with Gasteiger partial charge in [0, 0.05) is 7.05 Å². The molecule has 2 heterocycles. The second-order valence-corrected chi connectivity index (χ2v) is 2.19. The first-order valence-electron chi connectivity index (χ1n) is 3.33. The van der Waals surface area contributed by atoms with Crippen LogP contribution in [0.4, 0.5) is 5.82 Å². The number of hydrogen-bond donors (Lipinski definition) is 2. The van der Waals surface area contributed by atoms with Gasteiger partial charge in [-0.2, -0.15) is 5.16 Å². The number of anilines is 1. The van der Waals surface area contributed by atoms with Crippen LogP contribution < -0.4 is 10.9 Å². The Hall–Kier alpha value is -1.85. The number of aromatic amines is 1. The Balaban J connectivity index is 2.93. The standard InChI is InChI=1S/C6H6N4O2/c1-7-4-3-5(9-2-8-4)10-12-6(3)11/h2H,1H3,(H2,7,8,9,10). The van der Waals surface area contributed by atoms with Crippen LogP contribution in [0, 0.1) is 0 Å². The third-order valence-corrected chi connectivity index (χ3v) is 1.53. The van der Waals surface area contributed by atoms with Crippen LogP contribution in [0.3, 0.4) is 0 Å². The minimum atomic E-state index is -0.463. The van der Waals surface area contributed by atoms with Crippen LogP contribution in [0.1, 0.15) is 0 Å². The van der Waals surface area contributed by atoms with E-state index in [0.717, 1.165) is 0 Å². The van der Waals surface area contributed by atoms with Crippen LogP contribution in [0.2, 0.25) is 0 Å². The van der Waals surface area contributed by atoms with Crippen LogP contribution >= 0.6 is 0 Å². The lowest BCUT2D eigenvalue weighted by molar-refractivity contribution is 0.398. The first-order valence-corrected chi connectivity index (χ1v) is 3.33. The van der Waals surface area contributed by atoms with E-state index in [0.29, 0.717) is 16.9 Å². The molecule has 0 aromatic carbocycles. The molecule has 2 aromatic heterocycles. The molecule has 0 atom stereocenters. The molecule has 62 valence electrons. The highest BCUT2D eigenvalue weighted by molar-refractivity contribution is 5.84. The van der Waals surface area contributed by atoms with Gasteiger partial charge in [-0.15, -0.1) is 0 Å². The minimum absolute atomic E-state index is 0.347. The normalized spacial score (nSPS) is 10.4. The van der Waals surface area contributed by atoms with Gasteiger partial charge in [-0.05, 0) is 0 Å². The number of fused-ring (bicyclic) bond motifs is 1. The van der Waals surface area contributed by atoms with Crippen LogP contribution in [-0.2, 0) is 0 Å². The number of hydrogen-bond acceptors (Lipinski definition) is 5. The first-order chi connectivity index (χ1) is 5.83. The average Bonchev–Trinajstić information content (AvgIpc) is 2.48. The van der Waals surface area contributed by atoms with E-state index in [1.54, 1.807) is 7.05 Å². The van der Waals surface area contributed by atoms with Gasteiger partial charge in [0.05, 0.1) is 0 Å². The molecule has 0 bridgehead atoms. The molecule has 0 amide bonds. The molecule has 2 aromatic rings. The summed E-state index contributed by atoms with van der Waals surface area (Å²) in [5.41, 5.74) is -0.0608. The summed E-state index contributed by atoms with van der Waals surface area (Å²) in [6.07, 6.45) is 1.35. The molecular weight excluding hydrogens is 160 g/mol. The third-order valence-electron chi connectivity index (χ3n) is 1.53. The Morgan fingerprint density at radius 1 is 1.58 bits per heavy atom. The molecule has 12 heavy (non-hydrogen) atoms. The summed E-state index contributed by atoms with van der Waals surface area (Å²) in [7, 11) is 1.67. The van der Waals surface area contributed by atoms with Crippen molar-refractivity contribution < 1.29 is 4.52 Å². The fourth-order valence-electron chi connectivity index (χ4n) is 0.992. The van der Waals surface area contributed by atoms with Crippen molar-refractivity contribution in [1.82, 2.24) is 15.1 Å². The summed E-state index contributed by atoms with van der Waals surface area (Å²) in [4.78, 5) is 18.7. The first kappa shape index (κ1) is 6.84. The van der Waals surface area contributed by atoms with Gasteiger partial charge >= 0.3 is 5.63 Å². The highest BCUT2D eigenvalue weighted by Gasteiger charge is 2.08. The van der Waals surface area contributed by atoms with Crippen molar-refractivity contribution in [1.29, 1.82) is 0 Å². The van der Waals surface area contributed by atoms with E-state index >= 15 is 0 Å². The lowest BCUT2D eigenvalue weighted by Crippen LogP contribution is -2.00. The average molecular weight is 166 g/mol. The molecule has 2 N–H and O–H groups in total. The van der Waals surface area contributed by atoms with Crippen molar-refractivity contribution in [3.05, 3.63) is 16.7 Å². The molecule has 0 aliphatic carbocycles. The Labute approximate surface area is 66.6 Å². The molecule has 0 aliphatic heterocycles. The number of aromatic nitrogens is 3. The number of nitrogens with one attached hydrogen (secondary N) is 2. The number of nitrogens with zero attached hydrogens (tertiary/aromatic N) is 2. The summed E-state index contributed by atoms with van der Waals surface area (Å²) < 4.78 is 4.53. The maximum absolute atomic E-state index is 11.0. The maximum atomic E-state index is 11.0. The van der Waals surface area contributed by atoms with Crippen molar-refractivity contribution >= 4 is 16.9 Å². The van der Waals surface area contributed by atoms with Crippen molar-refractivity contribution in [3.63, 3.8) is 0 Å². The van der Waals surface area contributed by atoms with Crippen molar-refractivity contribution in [2.45, 2.75) is 0 Å². The quantitative estimate of drug-likeness (QED) is 0.620. The van der Waals surface area contributed by atoms with E-state index in [4.69, 9.17) is 0 Å². The van der Waals surface area contributed by atoms with E-state index in [1.165, 1.54) is 6.33 Å². The van der Waals surface area contributed by atoms with E-state index in [-0.39, 0.29) is 0 Å². The molecular formula is C6H6N4O2. The Morgan fingerprint density at radius 2 is 2.42 bits per heavy atom. The fraction of sp³-hybridized carbons (Fsp3) is 0.167. The van der Waals surface area contributed by atoms with Gasteiger partial charge in [0.2, 0.25) is 0 Å². The molecule has 6 heteroatoms. The molecule has 0 radical (unpaired) electrons. The summed E-state index contributed by atoms with van der Waals surface area (Å²) in [6.45, 7) is 0. The molecule has 0 fully saturated rings. The molecule has 0 saturated heterocycles. The predicted octanol–water partition coefficient (Wildman–Crippen LogP) is -0.0472. The SMILES string of the molecule is CNc1ncnc2[nH]oc(=O)c12. The summed E-state index contributed by atoms with van der Waals surface area (Å²) in [5, 5.41) is 5.50. The predicted molar refractivity (Wildman–Crippen MR) is 42.0 cm³/mol. The van der Waals surface area contributed by atoms with Gasteiger partial charge in [0.1, 0.15) is 17.5 Å². The van der Waals surface area contributed by atoms with Crippen molar-refractivity contribution in [3.8, 4) is 0 Å². The van der Waals surface area contributed by atoms with Crippen LogP contribution in [0.5, 0.6) is 0 Å². The topological polar surface area (TPSA) is 83.8 Å². The summed E-state index contributed by atoms with van der Waals surface area (Å²) in [6, 6.07) is 0. The zero-order chi connectivity index (χ0) is 8.55. The van der Waals surface area contributed by atoms with Crippen molar-refractivity contribution in [2.75, 3.05) is 12.4 Å². The summed E-state index contributed by atoms with van der Waals surface area (Å²) >= 11 is 0. The smallest absolute Gasteiger partial charge is 0.370 e. The van der Waals surface area contributed by atoms with E-state index in [9.17, 15) is 4.79 Å². The maximum Gasteiger partial charge on any atom is 0.370 e. The van der Waals surface area contributed by atoms with Gasteiger partial charge in [0.15, 0.2) is 5.65 Å². The number of H-pyrrole nitrogens is 1. The van der Waals surface area contributed by atoms with Crippen molar-refractivity contribution in [2.24, 2.45) is 0 Å². The Morgan fingerprint density at radius 3 is 3.17 bits per heavy atom. The lowest BCUT2D eigenvalue weighted by Gasteiger charge is -1.95. The second-order valence-electron chi connectivity index (χ2n) is 2.19. The Kier molecular flexibility index (Phi) is 1.33. The molecule has 0 spiro atoms. The Bertz CT molecular complexity index is 458. The minimum Gasteiger partial charge on any atom is -0.372 e. The molecule has 2 rings (SSSR count). The van der Waals surface area contributed by atoms with Crippen LogP contribution in [0.25, 0.3) is 11.0 Å². The highest BCUT2D eigenvalue weighted by atomic mass is 16.5. The largest absolute Gasteiger partial charge is 0.372 e. The summed E-state index contributed by atoms with van der Waals surface area (Å²) in [5.74, 6) is 0.468. The molecule has 0 unspecified atom stereocenters. The number of rotatable bonds is 1. The van der Waals surface area contributed by atoms with Crippen LogP contribution in [0.15, 0.2) is 15.6 Å². The van der Waals surface area contributed by atoms with Gasteiger partial charge in [-0.1, -0.05) is 0 Å². The van der Waals surface area contributed by atoms with Crippen LogP contribution in [-0.4, -0.2) is 22.2 Å². The fourth-order valence-corrected chi connectivity index (χ4v) is 0.992. The highest BCUT2D eigenvalue weighted by Crippen LogP contribution is 2.11. The molecule has 0 saturated carbocycles.